The molecule has 2 unspecified atom stereocenters. The summed E-state index contributed by atoms with van der Waals surface area (Å²) >= 11 is 0. The average molecular weight is 335 g/mol. The highest BCUT2D eigenvalue weighted by molar-refractivity contribution is 5.94. The molecular weight excluding hydrogens is 309 g/mol. The number of benzene rings is 1. The second kappa shape index (κ2) is 8.81. The van der Waals surface area contributed by atoms with Gasteiger partial charge in [-0.05, 0) is 49.9 Å². The van der Waals surface area contributed by atoms with Gasteiger partial charge in [0.15, 0.2) is 0 Å². The number of amides is 1. The SMILES string of the molecule is CCOC(=O)CCN(C(=O)c1ccc(F)cc1)C1CCCCC1C. The van der Waals surface area contributed by atoms with Crippen LogP contribution in [0.3, 0.4) is 0 Å². The third-order valence-electron chi connectivity index (χ3n) is 4.68. The van der Waals surface area contributed by atoms with Crippen molar-refractivity contribution >= 4 is 11.9 Å². The molecule has 5 heteroatoms. The standard InChI is InChI=1S/C19H26FNO3/c1-3-24-18(22)12-13-21(17-7-5-4-6-14(17)2)19(23)15-8-10-16(20)11-9-15/h8-11,14,17H,3-7,12-13H2,1-2H3. The Balaban J connectivity index is 2.15. The number of carbonyl (C=O) groups excluding carboxylic acids is 2. The van der Waals surface area contributed by atoms with E-state index in [0.717, 1.165) is 19.3 Å². The Kier molecular flexibility index (Phi) is 6.76. The van der Waals surface area contributed by atoms with Crippen molar-refractivity contribution < 1.29 is 18.7 Å². The van der Waals surface area contributed by atoms with Crippen LogP contribution >= 0.6 is 0 Å². The third kappa shape index (κ3) is 4.79. The van der Waals surface area contributed by atoms with E-state index in [1.807, 2.05) is 0 Å². The molecular formula is C19H26FNO3. The number of ether oxygens (including phenoxy) is 1. The van der Waals surface area contributed by atoms with E-state index >= 15 is 0 Å². The second-order valence-corrected chi connectivity index (χ2v) is 6.39. The van der Waals surface area contributed by atoms with Crippen molar-refractivity contribution in [3.63, 3.8) is 0 Å². The summed E-state index contributed by atoms with van der Waals surface area (Å²) in [6, 6.07) is 5.71. The molecule has 0 bridgehead atoms. The lowest BCUT2D eigenvalue weighted by Gasteiger charge is -2.38. The first-order valence-electron chi connectivity index (χ1n) is 8.75. The molecule has 1 fully saturated rings. The molecule has 0 N–H and O–H groups in total. The molecule has 0 radical (unpaired) electrons. The van der Waals surface area contributed by atoms with Gasteiger partial charge in [-0.1, -0.05) is 19.8 Å². The van der Waals surface area contributed by atoms with Crippen LogP contribution in [-0.4, -0.2) is 36.0 Å². The molecule has 4 nitrogen and oxygen atoms in total. The topological polar surface area (TPSA) is 46.6 Å². The maximum absolute atomic E-state index is 13.1. The van der Waals surface area contributed by atoms with Crippen LogP contribution in [0.2, 0.25) is 0 Å². The second-order valence-electron chi connectivity index (χ2n) is 6.39. The molecule has 2 atom stereocenters. The maximum Gasteiger partial charge on any atom is 0.307 e. The molecule has 132 valence electrons. The molecule has 1 amide bonds. The predicted molar refractivity (Wildman–Crippen MR) is 90.1 cm³/mol. The lowest BCUT2D eigenvalue weighted by atomic mass is 9.84. The van der Waals surface area contributed by atoms with Crippen molar-refractivity contribution in [3.8, 4) is 0 Å². The van der Waals surface area contributed by atoms with E-state index in [4.69, 9.17) is 4.74 Å². The van der Waals surface area contributed by atoms with E-state index in [0.29, 0.717) is 24.6 Å². The predicted octanol–water partition coefficient (Wildman–Crippen LogP) is 3.80. The Morgan fingerprint density at radius 3 is 2.50 bits per heavy atom. The fraction of sp³-hybridized carbons (Fsp3) is 0.579. The summed E-state index contributed by atoms with van der Waals surface area (Å²) in [6.07, 6.45) is 4.47. The molecule has 2 rings (SSSR count). The van der Waals surface area contributed by atoms with Gasteiger partial charge in [-0.25, -0.2) is 4.39 Å². The van der Waals surface area contributed by atoms with Gasteiger partial charge in [-0.2, -0.15) is 0 Å². The summed E-state index contributed by atoms with van der Waals surface area (Å²) in [5, 5.41) is 0. The lowest BCUT2D eigenvalue weighted by molar-refractivity contribution is -0.143. The summed E-state index contributed by atoms with van der Waals surface area (Å²) in [4.78, 5) is 26.4. The largest absolute Gasteiger partial charge is 0.466 e. The van der Waals surface area contributed by atoms with E-state index in [2.05, 4.69) is 6.92 Å². The third-order valence-corrected chi connectivity index (χ3v) is 4.68. The minimum absolute atomic E-state index is 0.116. The minimum Gasteiger partial charge on any atom is -0.466 e. The van der Waals surface area contributed by atoms with E-state index in [-0.39, 0.29) is 30.2 Å². The van der Waals surface area contributed by atoms with Gasteiger partial charge in [0.05, 0.1) is 13.0 Å². The molecule has 0 spiro atoms. The first-order chi connectivity index (χ1) is 11.5. The number of esters is 1. The normalized spacial score (nSPS) is 20.5. The number of carbonyl (C=O) groups is 2. The molecule has 1 aromatic carbocycles. The van der Waals surface area contributed by atoms with Crippen LogP contribution in [0.25, 0.3) is 0 Å². The van der Waals surface area contributed by atoms with Gasteiger partial charge < -0.3 is 9.64 Å². The molecule has 0 heterocycles. The summed E-state index contributed by atoms with van der Waals surface area (Å²) in [7, 11) is 0. The van der Waals surface area contributed by atoms with Crippen LogP contribution in [-0.2, 0) is 9.53 Å². The van der Waals surface area contributed by atoms with Crippen molar-refractivity contribution in [2.24, 2.45) is 5.92 Å². The Hall–Kier alpha value is -1.91. The van der Waals surface area contributed by atoms with Crippen LogP contribution in [0.1, 0.15) is 56.3 Å². The summed E-state index contributed by atoms with van der Waals surface area (Å²) in [5.74, 6) is -0.406. The minimum atomic E-state index is -0.365. The van der Waals surface area contributed by atoms with Gasteiger partial charge >= 0.3 is 5.97 Å². The summed E-state index contributed by atoms with van der Waals surface area (Å²) < 4.78 is 18.1. The van der Waals surface area contributed by atoms with Crippen LogP contribution < -0.4 is 0 Å². The van der Waals surface area contributed by atoms with Gasteiger partial charge in [0.2, 0.25) is 0 Å². The summed E-state index contributed by atoms with van der Waals surface area (Å²) in [5.41, 5.74) is 0.457. The van der Waals surface area contributed by atoms with Crippen molar-refractivity contribution in [2.75, 3.05) is 13.2 Å². The van der Waals surface area contributed by atoms with Crippen molar-refractivity contribution in [1.29, 1.82) is 0 Å². The molecule has 24 heavy (non-hydrogen) atoms. The quantitative estimate of drug-likeness (QED) is 0.743. The smallest absolute Gasteiger partial charge is 0.307 e. The van der Waals surface area contributed by atoms with E-state index in [9.17, 15) is 14.0 Å². The molecule has 0 saturated heterocycles. The number of hydrogen-bond donors (Lipinski definition) is 0. The van der Waals surface area contributed by atoms with Crippen molar-refractivity contribution in [2.45, 2.75) is 52.0 Å². The molecule has 1 aromatic rings. The fourth-order valence-electron chi connectivity index (χ4n) is 3.38. The highest BCUT2D eigenvalue weighted by Crippen LogP contribution is 2.29. The Morgan fingerprint density at radius 2 is 1.88 bits per heavy atom. The zero-order chi connectivity index (χ0) is 17.5. The Bertz CT molecular complexity index is 558. The molecule has 0 aromatic heterocycles. The number of hydrogen-bond acceptors (Lipinski definition) is 3. The fourth-order valence-corrected chi connectivity index (χ4v) is 3.38. The van der Waals surface area contributed by atoms with Gasteiger partial charge in [0.25, 0.3) is 5.91 Å². The average Bonchev–Trinajstić information content (AvgIpc) is 2.57. The van der Waals surface area contributed by atoms with Gasteiger partial charge in [0, 0.05) is 18.2 Å². The maximum atomic E-state index is 13.1. The van der Waals surface area contributed by atoms with Crippen LogP contribution in [0.15, 0.2) is 24.3 Å². The summed E-state index contributed by atoms with van der Waals surface area (Å²) in [6.45, 7) is 4.59. The van der Waals surface area contributed by atoms with E-state index in [1.165, 1.54) is 30.7 Å². The van der Waals surface area contributed by atoms with Crippen LogP contribution in [0, 0.1) is 11.7 Å². The van der Waals surface area contributed by atoms with Crippen LogP contribution in [0.5, 0.6) is 0 Å². The number of rotatable bonds is 6. The van der Waals surface area contributed by atoms with Gasteiger partial charge in [-0.3, -0.25) is 9.59 Å². The first-order valence-corrected chi connectivity index (χ1v) is 8.75. The molecule has 1 aliphatic rings. The zero-order valence-corrected chi connectivity index (χ0v) is 14.5. The van der Waals surface area contributed by atoms with Crippen molar-refractivity contribution in [1.82, 2.24) is 4.90 Å². The lowest BCUT2D eigenvalue weighted by Crippen LogP contribution is -2.46. The monoisotopic (exact) mass is 335 g/mol. The van der Waals surface area contributed by atoms with Crippen LogP contribution in [0.4, 0.5) is 4.39 Å². The zero-order valence-electron chi connectivity index (χ0n) is 14.5. The number of halogens is 1. The van der Waals surface area contributed by atoms with Gasteiger partial charge in [-0.15, -0.1) is 0 Å². The van der Waals surface area contributed by atoms with E-state index < -0.39 is 0 Å². The highest BCUT2D eigenvalue weighted by atomic mass is 19.1. The molecule has 1 aliphatic carbocycles. The highest BCUT2D eigenvalue weighted by Gasteiger charge is 2.31. The first kappa shape index (κ1) is 18.4. The molecule has 1 saturated carbocycles. The Labute approximate surface area is 143 Å². The number of nitrogens with zero attached hydrogens (tertiary/aromatic N) is 1. The van der Waals surface area contributed by atoms with Crippen molar-refractivity contribution in [3.05, 3.63) is 35.6 Å². The van der Waals surface area contributed by atoms with E-state index in [1.54, 1.807) is 11.8 Å². The molecule has 0 aliphatic heterocycles. The van der Waals surface area contributed by atoms with Gasteiger partial charge in [0.1, 0.15) is 5.82 Å². The Morgan fingerprint density at radius 1 is 1.21 bits per heavy atom.